The van der Waals surface area contributed by atoms with Gasteiger partial charge < -0.3 is 15.2 Å². The van der Waals surface area contributed by atoms with E-state index in [2.05, 4.69) is 19.2 Å². The maximum atomic E-state index is 10.6. The maximum absolute atomic E-state index is 10.6. The largest absolute Gasteiger partial charge is 0.478 e. The minimum absolute atomic E-state index is 0.125. The lowest BCUT2D eigenvalue weighted by Crippen LogP contribution is -2.60. The van der Waals surface area contributed by atoms with Crippen LogP contribution in [0.4, 0.5) is 0 Å². The SMILES string of the molecule is COC1CC(NC/C=C(/C)C(=O)O)C1(C)C. The Bertz CT molecular complexity index is 297. The summed E-state index contributed by atoms with van der Waals surface area (Å²) in [7, 11) is 1.73. The zero-order chi connectivity index (χ0) is 12.3. The van der Waals surface area contributed by atoms with Gasteiger partial charge in [-0.1, -0.05) is 19.9 Å². The second-order valence-electron chi connectivity index (χ2n) is 4.93. The molecule has 1 fully saturated rings. The first kappa shape index (κ1) is 13.2. The number of ether oxygens (including phenoxy) is 1. The first-order valence-corrected chi connectivity index (χ1v) is 5.55. The highest BCUT2D eigenvalue weighted by Gasteiger charge is 2.47. The molecule has 0 aromatic rings. The van der Waals surface area contributed by atoms with Crippen molar-refractivity contribution in [3.05, 3.63) is 11.6 Å². The minimum atomic E-state index is -0.857. The van der Waals surface area contributed by atoms with E-state index in [0.29, 0.717) is 24.3 Å². The standard InChI is InChI=1S/C12H21NO3/c1-8(11(14)15)5-6-13-9-7-10(16-4)12(9,2)3/h5,9-10,13H,6-7H2,1-4H3,(H,14,15)/b8-5-. The Balaban J connectivity index is 2.36. The molecule has 4 nitrogen and oxygen atoms in total. The fraction of sp³-hybridized carbons (Fsp3) is 0.750. The third kappa shape index (κ3) is 2.62. The summed E-state index contributed by atoms with van der Waals surface area (Å²) >= 11 is 0. The van der Waals surface area contributed by atoms with Crippen LogP contribution >= 0.6 is 0 Å². The summed E-state index contributed by atoms with van der Waals surface area (Å²) < 4.78 is 5.35. The number of aliphatic carboxylic acids is 1. The number of nitrogens with one attached hydrogen (secondary N) is 1. The van der Waals surface area contributed by atoms with E-state index in [1.807, 2.05) is 0 Å². The van der Waals surface area contributed by atoms with Crippen LogP contribution < -0.4 is 5.32 Å². The van der Waals surface area contributed by atoms with E-state index in [1.54, 1.807) is 20.1 Å². The minimum Gasteiger partial charge on any atom is -0.478 e. The maximum Gasteiger partial charge on any atom is 0.330 e. The molecular formula is C12H21NO3. The lowest BCUT2D eigenvalue weighted by atomic mass is 9.64. The van der Waals surface area contributed by atoms with Gasteiger partial charge in [-0.2, -0.15) is 0 Å². The Labute approximate surface area is 96.7 Å². The van der Waals surface area contributed by atoms with E-state index < -0.39 is 5.97 Å². The second-order valence-corrected chi connectivity index (χ2v) is 4.93. The summed E-state index contributed by atoms with van der Waals surface area (Å²) in [4.78, 5) is 10.6. The smallest absolute Gasteiger partial charge is 0.330 e. The van der Waals surface area contributed by atoms with Crippen molar-refractivity contribution in [1.29, 1.82) is 0 Å². The Morgan fingerprint density at radius 3 is 2.69 bits per heavy atom. The molecule has 0 aliphatic heterocycles. The van der Waals surface area contributed by atoms with E-state index >= 15 is 0 Å². The third-order valence-corrected chi connectivity index (χ3v) is 3.57. The molecular weight excluding hydrogens is 206 g/mol. The number of carboxylic acids is 1. The summed E-state index contributed by atoms with van der Waals surface area (Å²) in [5.74, 6) is -0.857. The third-order valence-electron chi connectivity index (χ3n) is 3.57. The molecule has 0 heterocycles. The molecule has 0 radical (unpaired) electrons. The molecule has 1 aliphatic carbocycles. The van der Waals surface area contributed by atoms with Gasteiger partial charge in [-0.3, -0.25) is 0 Å². The lowest BCUT2D eigenvalue weighted by Gasteiger charge is -2.51. The molecule has 0 amide bonds. The molecule has 2 N–H and O–H groups in total. The van der Waals surface area contributed by atoms with Crippen molar-refractivity contribution in [3.63, 3.8) is 0 Å². The fourth-order valence-electron chi connectivity index (χ4n) is 2.07. The quantitative estimate of drug-likeness (QED) is 0.697. The second kappa shape index (κ2) is 4.97. The zero-order valence-electron chi connectivity index (χ0n) is 10.4. The number of methoxy groups -OCH3 is 1. The van der Waals surface area contributed by atoms with Crippen molar-refractivity contribution < 1.29 is 14.6 Å². The van der Waals surface area contributed by atoms with Crippen molar-refractivity contribution >= 4 is 5.97 Å². The number of carbonyl (C=O) groups is 1. The molecule has 0 aromatic heterocycles. The molecule has 0 spiro atoms. The van der Waals surface area contributed by atoms with E-state index in [4.69, 9.17) is 9.84 Å². The van der Waals surface area contributed by atoms with Crippen LogP contribution in [0.15, 0.2) is 11.6 Å². The molecule has 0 bridgehead atoms. The van der Waals surface area contributed by atoms with Crippen LogP contribution in [0.3, 0.4) is 0 Å². The van der Waals surface area contributed by atoms with Gasteiger partial charge in [0.1, 0.15) is 0 Å². The van der Waals surface area contributed by atoms with Crippen LogP contribution in [0.1, 0.15) is 27.2 Å². The van der Waals surface area contributed by atoms with Gasteiger partial charge in [-0.05, 0) is 13.3 Å². The number of hydrogen-bond acceptors (Lipinski definition) is 3. The molecule has 1 aliphatic rings. The van der Waals surface area contributed by atoms with Crippen LogP contribution in [-0.2, 0) is 9.53 Å². The van der Waals surface area contributed by atoms with Gasteiger partial charge in [0, 0.05) is 30.7 Å². The predicted molar refractivity (Wildman–Crippen MR) is 62.4 cm³/mol. The average molecular weight is 227 g/mol. The lowest BCUT2D eigenvalue weighted by molar-refractivity contribution is -0.132. The van der Waals surface area contributed by atoms with Gasteiger partial charge in [0.25, 0.3) is 0 Å². The zero-order valence-corrected chi connectivity index (χ0v) is 10.4. The van der Waals surface area contributed by atoms with E-state index in [1.165, 1.54) is 0 Å². The summed E-state index contributed by atoms with van der Waals surface area (Å²) in [5, 5.41) is 12.0. The molecule has 2 unspecified atom stereocenters. The molecule has 1 rings (SSSR count). The topological polar surface area (TPSA) is 58.6 Å². The summed E-state index contributed by atoms with van der Waals surface area (Å²) in [6.45, 7) is 6.53. The van der Waals surface area contributed by atoms with E-state index in [-0.39, 0.29) is 5.41 Å². The van der Waals surface area contributed by atoms with Crippen LogP contribution in [0.5, 0.6) is 0 Å². The molecule has 0 aromatic carbocycles. The van der Waals surface area contributed by atoms with Gasteiger partial charge in [0.05, 0.1) is 6.10 Å². The summed E-state index contributed by atoms with van der Waals surface area (Å²) in [6, 6.07) is 0.398. The van der Waals surface area contributed by atoms with Gasteiger partial charge in [0.2, 0.25) is 0 Å². The summed E-state index contributed by atoms with van der Waals surface area (Å²) in [5.41, 5.74) is 0.507. The Hall–Kier alpha value is -0.870. The van der Waals surface area contributed by atoms with Gasteiger partial charge in [0.15, 0.2) is 0 Å². The van der Waals surface area contributed by atoms with Crippen molar-refractivity contribution in [2.45, 2.75) is 39.3 Å². The van der Waals surface area contributed by atoms with Gasteiger partial charge in [-0.15, -0.1) is 0 Å². The highest BCUT2D eigenvalue weighted by Crippen LogP contribution is 2.42. The predicted octanol–water partition coefficient (Wildman–Crippen LogP) is 1.42. The van der Waals surface area contributed by atoms with E-state index in [9.17, 15) is 4.79 Å². The normalized spacial score (nSPS) is 28.6. The number of rotatable bonds is 5. The van der Waals surface area contributed by atoms with Crippen LogP contribution in [0.25, 0.3) is 0 Å². The summed E-state index contributed by atoms with van der Waals surface area (Å²) in [6.07, 6.45) is 3.00. The molecule has 1 saturated carbocycles. The molecule has 16 heavy (non-hydrogen) atoms. The van der Waals surface area contributed by atoms with E-state index in [0.717, 1.165) is 6.42 Å². The van der Waals surface area contributed by atoms with Crippen LogP contribution in [-0.4, -0.2) is 36.9 Å². The van der Waals surface area contributed by atoms with Gasteiger partial charge in [-0.25, -0.2) is 4.79 Å². The van der Waals surface area contributed by atoms with Crippen molar-refractivity contribution in [1.82, 2.24) is 5.32 Å². The van der Waals surface area contributed by atoms with Gasteiger partial charge >= 0.3 is 5.97 Å². The van der Waals surface area contributed by atoms with Crippen LogP contribution in [0.2, 0.25) is 0 Å². The first-order chi connectivity index (χ1) is 7.39. The average Bonchev–Trinajstić information content (AvgIpc) is 2.21. The van der Waals surface area contributed by atoms with Crippen LogP contribution in [0, 0.1) is 5.41 Å². The highest BCUT2D eigenvalue weighted by atomic mass is 16.5. The molecule has 0 saturated heterocycles. The molecule has 92 valence electrons. The highest BCUT2D eigenvalue weighted by molar-refractivity contribution is 5.85. The molecule has 4 heteroatoms. The number of hydrogen-bond donors (Lipinski definition) is 2. The molecule has 2 atom stereocenters. The van der Waals surface area contributed by atoms with Crippen molar-refractivity contribution in [3.8, 4) is 0 Å². The monoisotopic (exact) mass is 227 g/mol. The van der Waals surface area contributed by atoms with Crippen molar-refractivity contribution in [2.24, 2.45) is 5.41 Å². The Morgan fingerprint density at radius 1 is 1.62 bits per heavy atom. The first-order valence-electron chi connectivity index (χ1n) is 5.55. The van der Waals surface area contributed by atoms with Crippen molar-refractivity contribution in [2.75, 3.05) is 13.7 Å². The Morgan fingerprint density at radius 2 is 2.25 bits per heavy atom. The number of carboxylic acid groups (broad SMARTS) is 1. The Kier molecular flexibility index (Phi) is 4.10. The fourth-order valence-corrected chi connectivity index (χ4v) is 2.07.